The molecule has 12 N–H and O–H groups in total. The van der Waals surface area contributed by atoms with Gasteiger partial charge in [0.1, 0.15) is 0 Å². The summed E-state index contributed by atoms with van der Waals surface area (Å²) in [6.07, 6.45) is 3.89. The highest BCUT2D eigenvalue weighted by molar-refractivity contribution is 7.80. The van der Waals surface area contributed by atoms with Crippen LogP contribution in [0.15, 0.2) is 121 Å². The van der Waals surface area contributed by atoms with Gasteiger partial charge in [-0.2, -0.15) is 16.8 Å². The maximum Gasteiger partial charge on any atom is 0.394 e. The summed E-state index contributed by atoms with van der Waals surface area (Å²) in [6, 6.07) is 42.3. The molecule has 0 heterocycles. The van der Waals surface area contributed by atoms with Gasteiger partial charge in [0.05, 0.1) is 0 Å². The first-order chi connectivity index (χ1) is 23.2. The third kappa shape index (κ3) is 42.5. The summed E-state index contributed by atoms with van der Waals surface area (Å²) in [5, 5.41) is 0. The van der Waals surface area contributed by atoms with Gasteiger partial charge in [-0.1, -0.05) is 121 Å². The zero-order valence-electron chi connectivity index (χ0n) is 29.2. The maximum absolute atomic E-state index is 8.74. The van der Waals surface area contributed by atoms with Crippen molar-refractivity contribution in [1.82, 2.24) is 0 Å². The monoisotopic (exact) mass is 736 g/mol. The average molecular weight is 737 g/mol. The molecule has 4 atom stereocenters. The van der Waals surface area contributed by atoms with Crippen molar-refractivity contribution < 1.29 is 35.0 Å². The van der Waals surface area contributed by atoms with Gasteiger partial charge in [-0.3, -0.25) is 18.2 Å². The van der Waals surface area contributed by atoms with Gasteiger partial charge in [-0.05, 0) is 75.6 Å². The number of hydrogen-bond acceptors (Lipinski definition) is 8. The third-order valence-corrected chi connectivity index (χ3v) is 5.60. The predicted molar refractivity (Wildman–Crippen MR) is 204 cm³/mol. The molecule has 14 heteroatoms. The molecule has 0 aromatic heterocycles. The molecule has 0 saturated carbocycles. The first-order valence-electron chi connectivity index (χ1n) is 15.7. The lowest BCUT2D eigenvalue weighted by Gasteiger charge is -2.02. The van der Waals surface area contributed by atoms with Crippen LogP contribution in [0.4, 0.5) is 0 Å². The van der Waals surface area contributed by atoms with Crippen molar-refractivity contribution in [3.8, 4) is 0 Å². The molecule has 0 spiro atoms. The Kier molecular flexibility index (Phi) is 27.4. The largest absolute Gasteiger partial charge is 0.394 e. The van der Waals surface area contributed by atoms with Crippen LogP contribution in [0.3, 0.4) is 0 Å². The Labute approximate surface area is 299 Å². The van der Waals surface area contributed by atoms with Gasteiger partial charge in [0.15, 0.2) is 0 Å². The maximum atomic E-state index is 8.74. The lowest BCUT2D eigenvalue weighted by Crippen LogP contribution is -2.17. The van der Waals surface area contributed by atoms with Gasteiger partial charge in [0, 0.05) is 24.2 Å². The molecule has 0 aliphatic rings. The Morgan fingerprint density at radius 1 is 0.380 bits per heavy atom. The first-order valence-corrected chi connectivity index (χ1v) is 18.5. The van der Waals surface area contributed by atoms with Crippen LogP contribution in [0.5, 0.6) is 0 Å². The summed E-state index contributed by atoms with van der Waals surface area (Å²) >= 11 is 0. The van der Waals surface area contributed by atoms with Gasteiger partial charge in [-0.25, -0.2) is 0 Å². The van der Waals surface area contributed by atoms with Gasteiger partial charge >= 0.3 is 20.8 Å². The number of hydrogen-bond donors (Lipinski definition) is 8. The second-order valence-corrected chi connectivity index (χ2v) is 13.4. The lowest BCUT2D eigenvalue weighted by atomic mass is 10.1. The highest BCUT2D eigenvalue weighted by atomic mass is 32.3. The van der Waals surface area contributed by atoms with Crippen molar-refractivity contribution in [2.45, 2.75) is 77.5 Å². The van der Waals surface area contributed by atoms with E-state index in [1.54, 1.807) is 0 Å². The fraction of sp³-hybridized carbons (Fsp3) is 0.333. The molecular formula is C36H56N4O8S2. The number of benzene rings is 4. The molecule has 0 saturated heterocycles. The van der Waals surface area contributed by atoms with Gasteiger partial charge in [0.25, 0.3) is 0 Å². The first kappa shape index (κ1) is 48.6. The van der Waals surface area contributed by atoms with E-state index >= 15 is 0 Å². The second-order valence-electron chi connectivity index (χ2n) is 11.6. The normalized spacial score (nSPS) is 12.7. The van der Waals surface area contributed by atoms with Crippen LogP contribution in [0.25, 0.3) is 0 Å². The van der Waals surface area contributed by atoms with Crippen LogP contribution in [0.1, 0.15) is 49.9 Å². The van der Waals surface area contributed by atoms with Crippen LogP contribution in [0, 0.1) is 0 Å². The average Bonchev–Trinajstić information content (AvgIpc) is 2.97. The highest BCUT2D eigenvalue weighted by Crippen LogP contribution is 2.03. The smallest absolute Gasteiger partial charge is 0.328 e. The van der Waals surface area contributed by atoms with Crippen LogP contribution in [-0.4, -0.2) is 59.2 Å². The predicted octanol–water partition coefficient (Wildman–Crippen LogP) is 5.00. The minimum absolute atomic E-state index is 0.266. The lowest BCUT2D eigenvalue weighted by molar-refractivity contribution is 0.378. The molecule has 0 aliphatic heterocycles. The number of nitrogens with two attached hydrogens (primary N) is 4. The SMILES string of the molecule is C[C@H](N)Cc1ccccc1.C[C@H](N)Cc1ccccc1.C[C@H](N)Cc1ccccc1.C[C@H](N)Cc1ccccc1.O=S(=O)(O)O.O=S(=O)(O)O. The van der Waals surface area contributed by atoms with E-state index in [-0.39, 0.29) is 24.2 Å². The summed E-state index contributed by atoms with van der Waals surface area (Å²) < 4.78 is 63.2. The standard InChI is InChI=1S/4C9H13N.2H2O4S/c4*1-8(10)7-9-5-3-2-4-6-9;2*1-5(2,3)4/h4*2-6,8H,7,10H2,1H3;2*(H2,1,2,3,4)/t4*8-;;/m0000../s1. The van der Waals surface area contributed by atoms with Gasteiger partial charge < -0.3 is 22.9 Å². The van der Waals surface area contributed by atoms with E-state index in [4.69, 9.17) is 58.0 Å². The molecule has 4 aromatic rings. The third-order valence-electron chi connectivity index (χ3n) is 5.60. The fourth-order valence-corrected chi connectivity index (χ4v) is 3.94. The molecule has 280 valence electrons. The van der Waals surface area contributed by atoms with Crippen molar-refractivity contribution in [3.63, 3.8) is 0 Å². The van der Waals surface area contributed by atoms with E-state index in [9.17, 15) is 0 Å². The Morgan fingerprint density at radius 2 is 0.500 bits per heavy atom. The molecule has 0 radical (unpaired) electrons. The van der Waals surface area contributed by atoms with Crippen molar-refractivity contribution in [3.05, 3.63) is 144 Å². The van der Waals surface area contributed by atoms with Crippen molar-refractivity contribution in [1.29, 1.82) is 0 Å². The summed E-state index contributed by atoms with van der Waals surface area (Å²) in [7, 11) is -9.33. The summed E-state index contributed by atoms with van der Waals surface area (Å²) in [4.78, 5) is 0. The van der Waals surface area contributed by atoms with Crippen molar-refractivity contribution in [2.75, 3.05) is 0 Å². The molecule has 4 rings (SSSR count). The van der Waals surface area contributed by atoms with E-state index in [1.807, 2.05) is 100 Å². The van der Waals surface area contributed by atoms with E-state index < -0.39 is 20.8 Å². The molecular weight excluding hydrogens is 681 g/mol. The molecule has 50 heavy (non-hydrogen) atoms. The summed E-state index contributed by atoms with van der Waals surface area (Å²) in [5.41, 5.74) is 27.8. The Morgan fingerprint density at radius 3 is 0.600 bits per heavy atom. The molecule has 0 fully saturated rings. The fourth-order valence-electron chi connectivity index (χ4n) is 3.94. The summed E-state index contributed by atoms with van der Waals surface area (Å²) in [5.74, 6) is 0. The zero-order chi connectivity index (χ0) is 38.6. The highest BCUT2D eigenvalue weighted by Gasteiger charge is 1.96. The minimum Gasteiger partial charge on any atom is -0.328 e. The Hall–Kier alpha value is -3.54. The van der Waals surface area contributed by atoms with E-state index in [0.29, 0.717) is 0 Å². The second kappa shape index (κ2) is 28.2. The molecule has 0 aliphatic carbocycles. The summed E-state index contributed by atoms with van der Waals surface area (Å²) in [6.45, 7) is 8.08. The minimum atomic E-state index is -4.67. The zero-order valence-corrected chi connectivity index (χ0v) is 30.9. The van der Waals surface area contributed by atoms with Crippen LogP contribution < -0.4 is 22.9 Å². The Bertz CT molecular complexity index is 1330. The molecule has 0 bridgehead atoms. The molecule has 12 nitrogen and oxygen atoms in total. The quantitative estimate of drug-likeness (QED) is 0.111. The molecule has 0 unspecified atom stereocenters. The van der Waals surface area contributed by atoms with Gasteiger partial charge in [0.2, 0.25) is 0 Å². The van der Waals surface area contributed by atoms with Crippen LogP contribution in [-0.2, 0) is 46.5 Å². The molecule has 0 amide bonds. The Balaban J connectivity index is 0. The van der Waals surface area contributed by atoms with Crippen LogP contribution >= 0.6 is 0 Å². The van der Waals surface area contributed by atoms with E-state index in [0.717, 1.165) is 25.7 Å². The van der Waals surface area contributed by atoms with E-state index in [2.05, 4.69) is 48.5 Å². The van der Waals surface area contributed by atoms with Crippen LogP contribution in [0.2, 0.25) is 0 Å². The number of rotatable bonds is 8. The van der Waals surface area contributed by atoms with Gasteiger partial charge in [-0.15, -0.1) is 0 Å². The van der Waals surface area contributed by atoms with E-state index in [1.165, 1.54) is 22.3 Å². The molecule has 4 aromatic carbocycles. The van der Waals surface area contributed by atoms with Crippen molar-refractivity contribution >= 4 is 20.8 Å². The topological polar surface area (TPSA) is 253 Å². The van der Waals surface area contributed by atoms with Crippen molar-refractivity contribution in [2.24, 2.45) is 22.9 Å².